The summed E-state index contributed by atoms with van der Waals surface area (Å²) in [6.07, 6.45) is 2.31. The molecule has 1 fully saturated rings. The predicted molar refractivity (Wildman–Crippen MR) is 84.8 cm³/mol. The molecule has 2 N–H and O–H groups in total. The van der Waals surface area contributed by atoms with Gasteiger partial charge in [-0.2, -0.15) is 0 Å². The number of nitrogens with one attached hydrogen (secondary N) is 2. The largest absolute Gasteiger partial charge is 0.317 e. The molecule has 0 saturated carbocycles. The van der Waals surface area contributed by atoms with Gasteiger partial charge in [-0.15, -0.1) is 23.7 Å². The number of halogens is 1. The first-order valence-electron chi connectivity index (χ1n) is 6.61. The molecule has 1 saturated heterocycles. The van der Waals surface area contributed by atoms with Gasteiger partial charge in [0.2, 0.25) is 0 Å². The van der Waals surface area contributed by atoms with Crippen molar-refractivity contribution in [1.29, 1.82) is 0 Å². The highest BCUT2D eigenvalue weighted by atomic mass is 35.5. The molecule has 0 atom stereocenters. The first kappa shape index (κ1) is 15.4. The van der Waals surface area contributed by atoms with Crippen molar-refractivity contribution in [2.75, 3.05) is 20.1 Å². The Bertz CT molecular complexity index is 620. The van der Waals surface area contributed by atoms with Gasteiger partial charge in [0.15, 0.2) is 0 Å². The maximum atomic E-state index is 11.9. The molecule has 0 aromatic carbocycles. The van der Waals surface area contributed by atoms with E-state index in [4.69, 9.17) is 0 Å². The lowest BCUT2D eigenvalue weighted by Gasteiger charge is -2.31. The molecular formula is C13H19ClN4OS. The van der Waals surface area contributed by atoms with E-state index in [9.17, 15) is 4.79 Å². The van der Waals surface area contributed by atoms with Crippen LogP contribution in [0.2, 0.25) is 0 Å². The number of rotatable bonds is 3. The van der Waals surface area contributed by atoms with Crippen molar-refractivity contribution in [1.82, 2.24) is 20.2 Å². The zero-order valence-corrected chi connectivity index (χ0v) is 13.0. The molecule has 0 bridgehead atoms. The Morgan fingerprint density at radius 2 is 2.20 bits per heavy atom. The second-order valence-corrected chi connectivity index (χ2v) is 5.96. The number of fused-ring (bicyclic) bond motifs is 1. The minimum Gasteiger partial charge on any atom is -0.317 e. The van der Waals surface area contributed by atoms with Crippen molar-refractivity contribution in [3.05, 3.63) is 27.6 Å². The molecule has 110 valence electrons. The van der Waals surface area contributed by atoms with Crippen LogP contribution in [0.3, 0.4) is 0 Å². The molecular weight excluding hydrogens is 296 g/mol. The normalized spacial score (nSPS) is 16.5. The van der Waals surface area contributed by atoms with Gasteiger partial charge in [-0.05, 0) is 44.4 Å². The summed E-state index contributed by atoms with van der Waals surface area (Å²) in [5, 5.41) is 5.27. The third-order valence-corrected chi connectivity index (χ3v) is 4.60. The first-order valence-corrected chi connectivity index (χ1v) is 7.49. The summed E-state index contributed by atoms with van der Waals surface area (Å²) < 4.78 is 0.716. The molecule has 0 unspecified atom stereocenters. The fourth-order valence-electron chi connectivity index (χ4n) is 2.61. The lowest BCUT2D eigenvalue weighted by atomic mass is 10.1. The van der Waals surface area contributed by atoms with E-state index < -0.39 is 0 Å². The Morgan fingerprint density at radius 1 is 1.45 bits per heavy atom. The Morgan fingerprint density at radius 3 is 2.95 bits per heavy atom. The number of piperidine rings is 1. The predicted octanol–water partition coefficient (Wildman–Crippen LogP) is 1.59. The van der Waals surface area contributed by atoms with Gasteiger partial charge in [-0.3, -0.25) is 9.69 Å². The van der Waals surface area contributed by atoms with E-state index in [1.165, 1.54) is 11.3 Å². The van der Waals surface area contributed by atoms with Gasteiger partial charge in [0.25, 0.3) is 5.56 Å². The van der Waals surface area contributed by atoms with Crippen LogP contribution in [-0.4, -0.2) is 41.0 Å². The van der Waals surface area contributed by atoms with Crippen LogP contribution in [0, 0.1) is 0 Å². The molecule has 7 heteroatoms. The standard InChI is InChI=1S/C13H18N4OS.ClH/c1-17(9-2-5-14-6-3-9)8-11-15-10-4-7-19-12(10)13(18)16-11;/h4,7,9,14H,2-3,5-6,8H2,1H3,(H,15,16,18);1H. The average molecular weight is 315 g/mol. The summed E-state index contributed by atoms with van der Waals surface area (Å²) in [6, 6.07) is 2.48. The molecule has 0 aliphatic carbocycles. The molecule has 1 aliphatic rings. The van der Waals surface area contributed by atoms with Crippen molar-refractivity contribution < 1.29 is 0 Å². The maximum absolute atomic E-state index is 11.9. The Hall–Kier alpha value is -0.950. The SMILES string of the molecule is CN(Cc1nc2ccsc2c(=O)[nH]1)C1CCNCC1.Cl. The zero-order chi connectivity index (χ0) is 13.2. The molecule has 3 heterocycles. The van der Waals surface area contributed by atoms with Crippen molar-refractivity contribution in [3.8, 4) is 0 Å². The fourth-order valence-corrected chi connectivity index (χ4v) is 3.33. The van der Waals surface area contributed by atoms with E-state index in [1.807, 2.05) is 11.4 Å². The molecule has 2 aromatic heterocycles. The highest BCUT2D eigenvalue weighted by molar-refractivity contribution is 7.17. The molecule has 0 spiro atoms. The summed E-state index contributed by atoms with van der Waals surface area (Å²) in [4.78, 5) is 21.6. The van der Waals surface area contributed by atoms with Crippen molar-refractivity contribution >= 4 is 34.0 Å². The number of hydrogen-bond acceptors (Lipinski definition) is 5. The van der Waals surface area contributed by atoms with Crippen molar-refractivity contribution in [3.63, 3.8) is 0 Å². The highest BCUT2D eigenvalue weighted by Crippen LogP contribution is 2.15. The van der Waals surface area contributed by atoms with Crippen LogP contribution in [-0.2, 0) is 6.54 Å². The number of aromatic amines is 1. The van der Waals surface area contributed by atoms with Gasteiger partial charge in [-0.1, -0.05) is 0 Å². The van der Waals surface area contributed by atoms with E-state index in [0.29, 0.717) is 17.3 Å². The van der Waals surface area contributed by atoms with Crippen LogP contribution in [0.25, 0.3) is 10.2 Å². The van der Waals surface area contributed by atoms with Crippen LogP contribution in [0.1, 0.15) is 18.7 Å². The van der Waals surface area contributed by atoms with Crippen molar-refractivity contribution in [2.24, 2.45) is 0 Å². The lowest BCUT2D eigenvalue weighted by molar-refractivity contribution is 0.188. The van der Waals surface area contributed by atoms with E-state index in [2.05, 4.69) is 27.2 Å². The van der Waals surface area contributed by atoms with Gasteiger partial charge in [-0.25, -0.2) is 4.98 Å². The number of hydrogen-bond donors (Lipinski definition) is 2. The van der Waals surface area contributed by atoms with Gasteiger partial charge in [0, 0.05) is 6.04 Å². The zero-order valence-electron chi connectivity index (χ0n) is 11.4. The van der Waals surface area contributed by atoms with E-state index in [1.54, 1.807) is 0 Å². The molecule has 5 nitrogen and oxygen atoms in total. The van der Waals surface area contributed by atoms with Crippen LogP contribution < -0.4 is 10.9 Å². The molecule has 0 radical (unpaired) electrons. The lowest BCUT2D eigenvalue weighted by Crippen LogP contribution is -2.41. The van der Waals surface area contributed by atoms with E-state index in [-0.39, 0.29) is 18.0 Å². The molecule has 20 heavy (non-hydrogen) atoms. The summed E-state index contributed by atoms with van der Waals surface area (Å²) in [7, 11) is 2.10. The molecule has 0 amide bonds. The van der Waals surface area contributed by atoms with Gasteiger partial charge >= 0.3 is 0 Å². The smallest absolute Gasteiger partial charge is 0.268 e. The second kappa shape index (κ2) is 6.67. The van der Waals surface area contributed by atoms with Gasteiger partial charge < -0.3 is 10.3 Å². The average Bonchev–Trinajstić information content (AvgIpc) is 2.88. The van der Waals surface area contributed by atoms with E-state index in [0.717, 1.165) is 37.3 Å². The first-order chi connectivity index (χ1) is 9.24. The minimum absolute atomic E-state index is 0. The second-order valence-electron chi connectivity index (χ2n) is 5.04. The van der Waals surface area contributed by atoms with Crippen LogP contribution in [0.5, 0.6) is 0 Å². The number of aromatic nitrogens is 2. The summed E-state index contributed by atoms with van der Waals surface area (Å²) in [5.74, 6) is 0.761. The van der Waals surface area contributed by atoms with Gasteiger partial charge in [0.1, 0.15) is 10.5 Å². The van der Waals surface area contributed by atoms with E-state index >= 15 is 0 Å². The monoisotopic (exact) mass is 314 g/mol. The summed E-state index contributed by atoms with van der Waals surface area (Å²) in [5.41, 5.74) is 0.788. The quantitative estimate of drug-likeness (QED) is 0.903. The number of H-pyrrole nitrogens is 1. The Labute approximate surface area is 127 Å². The number of nitrogens with zero attached hydrogens (tertiary/aromatic N) is 2. The highest BCUT2D eigenvalue weighted by Gasteiger charge is 2.18. The van der Waals surface area contributed by atoms with Crippen LogP contribution in [0.4, 0.5) is 0 Å². The third kappa shape index (κ3) is 3.20. The summed E-state index contributed by atoms with van der Waals surface area (Å²) in [6.45, 7) is 2.84. The molecule has 1 aliphatic heterocycles. The van der Waals surface area contributed by atoms with Gasteiger partial charge in [0.05, 0.1) is 12.1 Å². The molecule has 3 rings (SSSR count). The maximum Gasteiger partial charge on any atom is 0.268 e. The third-order valence-electron chi connectivity index (χ3n) is 3.70. The minimum atomic E-state index is -0.0197. The molecule has 2 aromatic rings. The van der Waals surface area contributed by atoms with Crippen LogP contribution in [0.15, 0.2) is 16.2 Å². The number of thiophene rings is 1. The topological polar surface area (TPSA) is 61.0 Å². The van der Waals surface area contributed by atoms with Crippen molar-refractivity contribution in [2.45, 2.75) is 25.4 Å². The summed E-state index contributed by atoms with van der Waals surface area (Å²) >= 11 is 1.44. The fraction of sp³-hybridized carbons (Fsp3) is 0.538. The van der Waals surface area contributed by atoms with Crippen LogP contribution >= 0.6 is 23.7 Å². The Kier molecular flexibility index (Phi) is 5.15. The Balaban J connectivity index is 0.00000147.